The number of amides is 1. The van der Waals surface area contributed by atoms with E-state index in [1.807, 2.05) is 13.8 Å². The Kier molecular flexibility index (Phi) is 2.89. The van der Waals surface area contributed by atoms with Crippen LogP contribution in [0.2, 0.25) is 0 Å². The average molecular weight is 302 g/mol. The van der Waals surface area contributed by atoms with Gasteiger partial charge < -0.3 is 9.64 Å². The third-order valence-electron chi connectivity index (χ3n) is 2.81. The van der Waals surface area contributed by atoms with E-state index in [9.17, 15) is 9.18 Å². The zero-order chi connectivity index (χ0) is 12.8. The second-order valence-electron chi connectivity index (χ2n) is 4.77. The van der Waals surface area contributed by atoms with E-state index in [4.69, 9.17) is 4.74 Å². The normalized spacial score (nSPS) is 18.4. The second kappa shape index (κ2) is 3.98. The van der Waals surface area contributed by atoms with Crippen LogP contribution < -0.4 is 9.64 Å². The van der Waals surface area contributed by atoms with Crippen LogP contribution in [0.15, 0.2) is 16.6 Å². The number of carbonyl (C=O) groups is 1. The van der Waals surface area contributed by atoms with Crippen molar-refractivity contribution in [3.05, 3.63) is 22.4 Å². The standard InChI is InChI=1S/C12H13BrFNO2/c1-12(2)6-17-10-8(13)4-7(14)5-9(10)15(3)11(12)16/h4-5H,6H2,1-3H3. The molecule has 3 nitrogen and oxygen atoms in total. The highest BCUT2D eigenvalue weighted by molar-refractivity contribution is 9.10. The molecule has 0 aliphatic carbocycles. The number of fused-ring (bicyclic) bond motifs is 1. The van der Waals surface area contributed by atoms with E-state index in [0.29, 0.717) is 15.9 Å². The van der Waals surface area contributed by atoms with E-state index in [0.717, 1.165) is 0 Å². The summed E-state index contributed by atoms with van der Waals surface area (Å²) in [5.74, 6) is 0.0140. The van der Waals surface area contributed by atoms with Crippen molar-refractivity contribution in [3.63, 3.8) is 0 Å². The van der Waals surface area contributed by atoms with Gasteiger partial charge in [-0.1, -0.05) is 0 Å². The number of halogens is 2. The van der Waals surface area contributed by atoms with Crippen LogP contribution in [0.1, 0.15) is 13.8 Å². The molecule has 0 spiro atoms. The lowest BCUT2D eigenvalue weighted by Crippen LogP contribution is -2.39. The summed E-state index contributed by atoms with van der Waals surface area (Å²) in [4.78, 5) is 13.6. The van der Waals surface area contributed by atoms with Gasteiger partial charge in [-0.25, -0.2) is 4.39 Å². The topological polar surface area (TPSA) is 29.5 Å². The molecule has 0 unspecified atom stereocenters. The molecular weight excluding hydrogens is 289 g/mol. The van der Waals surface area contributed by atoms with E-state index in [-0.39, 0.29) is 12.5 Å². The van der Waals surface area contributed by atoms with Gasteiger partial charge in [-0.3, -0.25) is 4.79 Å². The molecule has 0 radical (unpaired) electrons. The lowest BCUT2D eigenvalue weighted by molar-refractivity contribution is -0.127. The number of hydrogen-bond donors (Lipinski definition) is 0. The maximum Gasteiger partial charge on any atom is 0.235 e. The Morgan fingerprint density at radius 3 is 2.76 bits per heavy atom. The molecule has 1 amide bonds. The van der Waals surface area contributed by atoms with Crippen molar-refractivity contribution in [3.8, 4) is 5.75 Å². The van der Waals surface area contributed by atoms with Gasteiger partial charge in [0.2, 0.25) is 5.91 Å². The molecule has 0 atom stereocenters. The molecule has 0 saturated heterocycles. The molecule has 0 N–H and O–H groups in total. The number of hydrogen-bond acceptors (Lipinski definition) is 2. The smallest absolute Gasteiger partial charge is 0.235 e. The summed E-state index contributed by atoms with van der Waals surface area (Å²) in [6.45, 7) is 3.89. The summed E-state index contributed by atoms with van der Waals surface area (Å²) in [5.41, 5.74) is -0.170. The third-order valence-corrected chi connectivity index (χ3v) is 3.40. The monoisotopic (exact) mass is 301 g/mol. The van der Waals surface area contributed by atoms with E-state index < -0.39 is 11.2 Å². The number of benzene rings is 1. The lowest BCUT2D eigenvalue weighted by Gasteiger charge is -2.24. The van der Waals surface area contributed by atoms with Crippen molar-refractivity contribution in [2.45, 2.75) is 13.8 Å². The zero-order valence-corrected chi connectivity index (χ0v) is 11.5. The average Bonchev–Trinajstić information content (AvgIpc) is 2.31. The highest BCUT2D eigenvalue weighted by Gasteiger charge is 2.36. The summed E-state index contributed by atoms with van der Waals surface area (Å²) >= 11 is 3.25. The number of anilines is 1. The maximum atomic E-state index is 13.4. The van der Waals surface area contributed by atoms with Crippen LogP contribution in [0.5, 0.6) is 5.75 Å². The fraction of sp³-hybridized carbons (Fsp3) is 0.417. The van der Waals surface area contributed by atoms with Crippen LogP contribution in [-0.4, -0.2) is 19.6 Å². The molecule has 0 saturated carbocycles. The fourth-order valence-corrected chi connectivity index (χ4v) is 2.35. The largest absolute Gasteiger partial charge is 0.489 e. The van der Waals surface area contributed by atoms with Crippen LogP contribution in [0.4, 0.5) is 10.1 Å². The van der Waals surface area contributed by atoms with Crippen molar-refractivity contribution >= 4 is 27.5 Å². The zero-order valence-electron chi connectivity index (χ0n) is 9.88. The van der Waals surface area contributed by atoms with Gasteiger partial charge in [0, 0.05) is 13.1 Å². The molecule has 1 aromatic rings. The SMILES string of the molecule is CN1C(=O)C(C)(C)COc2c(Br)cc(F)cc21. The van der Waals surface area contributed by atoms with Gasteiger partial charge in [-0.15, -0.1) is 0 Å². The Bertz CT molecular complexity index is 488. The predicted octanol–water partition coefficient (Wildman–Crippen LogP) is 2.97. The molecule has 1 aromatic carbocycles. The van der Waals surface area contributed by atoms with E-state index >= 15 is 0 Å². The molecular formula is C12H13BrFNO2. The predicted molar refractivity (Wildman–Crippen MR) is 66.8 cm³/mol. The fourth-order valence-electron chi connectivity index (χ4n) is 1.82. The quantitative estimate of drug-likeness (QED) is 0.737. The minimum Gasteiger partial charge on any atom is -0.489 e. The van der Waals surface area contributed by atoms with Crippen LogP contribution in [0, 0.1) is 11.2 Å². The van der Waals surface area contributed by atoms with Crippen molar-refractivity contribution in [2.75, 3.05) is 18.6 Å². The molecule has 5 heteroatoms. The first kappa shape index (κ1) is 12.4. The van der Waals surface area contributed by atoms with E-state index in [1.165, 1.54) is 17.0 Å². The molecule has 1 aliphatic heterocycles. The molecule has 92 valence electrons. The molecule has 0 aromatic heterocycles. The van der Waals surface area contributed by atoms with Gasteiger partial charge in [0.05, 0.1) is 15.6 Å². The molecule has 17 heavy (non-hydrogen) atoms. The first-order valence-corrected chi connectivity index (χ1v) is 6.02. The first-order valence-electron chi connectivity index (χ1n) is 5.23. The summed E-state index contributed by atoms with van der Waals surface area (Å²) in [7, 11) is 1.63. The first-order chi connectivity index (χ1) is 7.83. The van der Waals surface area contributed by atoms with Gasteiger partial charge in [-0.2, -0.15) is 0 Å². The number of carbonyl (C=O) groups excluding carboxylic acids is 1. The van der Waals surface area contributed by atoms with Gasteiger partial charge in [0.1, 0.15) is 12.4 Å². The highest BCUT2D eigenvalue weighted by atomic mass is 79.9. The minimum absolute atomic E-state index is 0.0891. The van der Waals surface area contributed by atoms with Crippen LogP contribution in [0.25, 0.3) is 0 Å². The van der Waals surface area contributed by atoms with Crippen molar-refractivity contribution < 1.29 is 13.9 Å². The molecule has 1 aliphatic rings. The van der Waals surface area contributed by atoms with Gasteiger partial charge in [0.15, 0.2) is 5.75 Å². The van der Waals surface area contributed by atoms with Crippen LogP contribution >= 0.6 is 15.9 Å². The Labute approximate surface area is 108 Å². The third kappa shape index (κ3) is 2.04. The lowest BCUT2D eigenvalue weighted by atomic mass is 9.93. The van der Waals surface area contributed by atoms with Gasteiger partial charge >= 0.3 is 0 Å². The van der Waals surface area contributed by atoms with Gasteiger partial charge in [0.25, 0.3) is 0 Å². The molecule has 0 bridgehead atoms. The van der Waals surface area contributed by atoms with Crippen LogP contribution in [-0.2, 0) is 4.79 Å². The summed E-state index contributed by atoms with van der Waals surface area (Å²) in [6.07, 6.45) is 0. The maximum absolute atomic E-state index is 13.4. The Balaban J connectivity index is 2.59. The summed E-state index contributed by atoms with van der Waals surface area (Å²) < 4.78 is 19.5. The van der Waals surface area contributed by atoms with Crippen molar-refractivity contribution in [1.29, 1.82) is 0 Å². The molecule has 1 heterocycles. The Morgan fingerprint density at radius 1 is 1.47 bits per heavy atom. The summed E-state index contributed by atoms with van der Waals surface area (Å²) in [6, 6.07) is 2.63. The second-order valence-corrected chi connectivity index (χ2v) is 5.63. The van der Waals surface area contributed by atoms with Gasteiger partial charge in [-0.05, 0) is 35.8 Å². The Hall–Kier alpha value is -1.10. The van der Waals surface area contributed by atoms with Crippen molar-refractivity contribution in [2.24, 2.45) is 5.41 Å². The van der Waals surface area contributed by atoms with E-state index in [1.54, 1.807) is 7.05 Å². The Morgan fingerprint density at radius 2 is 2.12 bits per heavy atom. The number of ether oxygens (including phenoxy) is 1. The minimum atomic E-state index is -0.621. The number of nitrogens with zero attached hydrogens (tertiary/aromatic N) is 1. The highest BCUT2D eigenvalue weighted by Crippen LogP contribution is 2.41. The van der Waals surface area contributed by atoms with Crippen molar-refractivity contribution in [1.82, 2.24) is 0 Å². The number of rotatable bonds is 0. The summed E-state index contributed by atoms with van der Waals surface area (Å²) in [5, 5.41) is 0. The molecule has 2 rings (SSSR count). The van der Waals surface area contributed by atoms with E-state index in [2.05, 4.69) is 15.9 Å². The molecule has 0 fully saturated rings. The van der Waals surface area contributed by atoms with Crippen LogP contribution in [0.3, 0.4) is 0 Å².